The standard InChI is InChI=1S/C13H16N2O/c1-10-8-13(10)15-9-11-2-4-12(5-3-11)16-7-6-14/h2-5,10,13,15H,7-9H2,1H3. The molecule has 1 aromatic rings. The number of ether oxygens (including phenoxy) is 1. The Kier molecular flexibility index (Phi) is 3.43. The Labute approximate surface area is 96.0 Å². The Morgan fingerprint density at radius 3 is 2.69 bits per heavy atom. The van der Waals surface area contributed by atoms with Crippen LogP contribution in [0, 0.1) is 17.2 Å². The van der Waals surface area contributed by atoms with Crippen LogP contribution >= 0.6 is 0 Å². The monoisotopic (exact) mass is 216 g/mol. The van der Waals surface area contributed by atoms with E-state index in [0.29, 0.717) is 6.04 Å². The van der Waals surface area contributed by atoms with Gasteiger partial charge in [0.2, 0.25) is 0 Å². The van der Waals surface area contributed by atoms with Crippen LogP contribution in [0.3, 0.4) is 0 Å². The fraction of sp³-hybridized carbons (Fsp3) is 0.462. The predicted molar refractivity (Wildman–Crippen MR) is 62.0 cm³/mol. The molecular formula is C13H16N2O. The molecule has 1 N–H and O–H groups in total. The molecule has 84 valence electrons. The summed E-state index contributed by atoms with van der Waals surface area (Å²) >= 11 is 0. The summed E-state index contributed by atoms with van der Waals surface area (Å²) in [7, 11) is 0. The fourth-order valence-corrected chi connectivity index (χ4v) is 1.67. The van der Waals surface area contributed by atoms with Crippen molar-refractivity contribution >= 4 is 0 Å². The molecule has 0 aromatic heterocycles. The summed E-state index contributed by atoms with van der Waals surface area (Å²) in [4.78, 5) is 0. The number of hydrogen-bond donors (Lipinski definition) is 1. The van der Waals surface area contributed by atoms with Gasteiger partial charge < -0.3 is 10.1 Å². The lowest BCUT2D eigenvalue weighted by molar-refractivity contribution is 0.368. The first-order valence-electron chi connectivity index (χ1n) is 5.61. The molecule has 2 atom stereocenters. The maximum absolute atomic E-state index is 8.37. The lowest BCUT2D eigenvalue weighted by Crippen LogP contribution is -2.16. The molecule has 3 nitrogen and oxygen atoms in total. The molecule has 1 aliphatic carbocycles. The highest BCUT2D eigenvalue weighted by Gasteiger charge is 2.31. The van der Waals surface area contributed by atoms with Crippen molar-refractivity contribution in [3.05, 3.63) is 29.8 Å². The van der Waals surface area contributed by atoms with Gasteiger partial charge in [-0.2, -0.15) is 5.26 Å². The third kappa shape index (κ3) is 2.98. The van der Waals surface area contributed by atoms with E-state index >= 15 is 0 Å². The van der Waals surface area contributed by atoms with Gasteiger partial charge in [0.1, 0.15) is 11.8 Å². The highest BCUT2D eigenvalue weighted by molar-refractivity contribution is 5.27. The van der Waals surface area contributed by atoms with Crippen molar-refractivity contribution in [2.45, 2.75) is 25.9 Å². The van der Waals surface area contributed by atoms with Crippen LogP contribution in [0.4, 0.5) is 0 Å². The highest BCUT2D eigenvalue weighted by atomic mass is 16.5. The first-order valence-corrected chi connectivity index (χ1v) is 5.61. The number of nitriles is 1. The largest absolute Gasteiger partial charge is 0.479 e. The van der Waals surface area contributed by atoms with E-state index in [0.717, 1.165) is 18.2 Å². The number of rotatable bonds is 5. The zero-order valence-corrected chi connectivity index (χ0v) is 9.44. The molecule has 2 rings (SSSR count). The summed E-state index contributed by atoms with van der Waals surface area (Å²) < 4.78 is 5.18. The third-order valence-electron chi connectivity index (χ3n) is 2.90. The summed E-state index contributed by atoms with van der Waals surface area (Å²) in [5.74, 6) is 1.59. The van der Waals surface area contributed by atoms with E-state index in [-0.39, 0.29) is 6.61 Å². The first kappa shape index (κ1) is 11.0. The molecule has 0 spiro atoms. The van der Waals surface area contributed by atoms with Gasteiger partial charge in [0.25, 0.3) is 0 Å². The lowest BCUT2D eigenvalue weighted by atomic mass is 10.2. The Balaban J connectivity index is 1.80. The Hall–Kier alpha value is -1.53. The molecule has 0 saturated heterocycles. The molecular weight excluding hydrogens is 200 g/mol. The van der Waals surface area contributed by atoms with Crippen molar-refractivity contribution < 1.29 is 4.74 Å². The molecule has 0 bridgehead atoms. The lowest BCUT2D eigenvalue weighted by Gasteiger charge is -2.05. The summed E-state index contributed by atoms with van der Waals surface area (Å²) in [6.45, 7) is 3.28. The summed E-state index contributed by atoms with van der Waals surface area (Å²) in [5.41, 5.74) is 1.25. The van der Waals surface area contributed by atoms with Crippen LogP contribution < -0.4 is 10.1 Å². The molecule has 0 aliphatic heterocycles. The quantitative estimate of drug-likeness (QED) is 0.819. The Bertz CT molecular complexity index is 380. The Morgan fingerprint density at radius 2 is 2.12 bits per heavy atom. The van der Waals surface area contributed by atoms with Gasteiger partial charge in [0.15, 0.2) is 6.61 Å². The molecule has 0 heterocycles. The minimum Gasteiger partial charge on any atom is -0.479 e. The van der Waals surface area contributed by atoms with Crippen LogP contribution in [0.2, 0.25) is 0 Å². The van der Waals surface area contributed by atoms with Crippen LogP contribution in [0.5, 0.6) is 5.75 Å². The average molecular weight is 216 g/mol. The van der Waals surface area contributed by atoms with E-state index < -0.39 is 0 Å². The van der Waals surface area contributed by atoms with E-state index in [4.69, 9.17) is 10.00 Å². The molecule has 1 fully saturated rings. The van der Waals surface area contributed by atoms with Crippen LogP contribution in [0.1, 0.15) is 18.9 Å². The van der Waals surface area contributed by atoms with E-state index in [1.165, 1.54) is 12.0 Å². The van der Waals surface area contributed by atoms with E-state index in [2.05, 4.69) is 12.2 Å². The van der Waals surface area contributed by atoms with Gasteiger partial charge in [-0.1, -0.05) is 19.1 Å². The molecule has 16 heavy (non-hydrogen) atoms. The van der Waals surface area contributed by atoms with Gasteiger partial charge >= 0.3 is 0 Å². The molecule has 1 saturated carbocycles. The van der Waals surface area contributed by atoms with Crippen molar-refractivity contribution in [2.75, 3.05) is 6.61 Å². The number of nitrogens with zero attached hydrogens (tertiary/aromatic N) is 1. The van der Waals surface area contributed by atoms with Gasteiger partial charge in [0.05, 0.1) is 0 Å². The minimum absolute atomic E-state index is 0.108. The maximum Gasteiger partial charge on any atom is 0.174 e. The van der Waals surface area contributed by atoms with E-state index in [9.17, 15) is 0 Å². The topological polar surface area (TPSA) is 45.0 Å². The van der Waals surface area contributed by atoms with Crippen LogP contribution in [0.25, 0.3) is 0 Å². The first-order chi connectivity index (χ1) is 7.79. The van der Waals surface area contributed by atoms with E-state index in [1.54, 1.807) is 0 Å². The number of nitrogens with one attached hydrogen (secondary N) is 1. The molecule has 3 heteroatoms. The van der Waals surface area contributed by atoms with Gasteiger partial charge in [-0.15, -0.1) is 0 Å². The normalized spacial score (nSPS) is 22.5. The molecule has 2 unspecified atom stereocenters. The van der Waals surface area contributed by atoms with Crippen molar-refractivity contribution in [3.8, 4) is 11.8 Å². The maximum atomic E-state index is 8.37. The number of hydrogen-bond acceptors (Lipinski definition) is 3. The summed E-state index contributed by atoms with van der Waals surface area (Å²) in [6.07, 6.45) is 1.30. The van der Waals surface area contributed by atoms with E-state index in [1.807, 2.05) is 30.3 Å². The SMILES string of the molecule is CC1CC1NCc1ccc(OCC#N)cc1. The second kappa shape index (κ2) is 5.00. The van der Waals surface area contributed by atoms with Gasteiger partial charge in [-0.3, -0.25) is 0 Å². The van der Waals surface area contributed by atoms with Gasteiger partial charge in [-0.05, 0) is 30.0 Å². The average Bonchev–Trinajstić information content (AvgIpc) is 3.01. The zero-order valence-electron chi connectivity index (χ0n) is 9.44. The molecule has 0 radical (unpaired) electrons. The molecule has 1 aliphatic rings. The third-order valence-corrected chi connectivity index (χ3v) is 2.90. The molecule has 0 amide bonds. The smallest absolute Gasteiger partial charge is 0.174 e. The summed E-state index contributed by atoms with van der Waals surface area (Å²) in [6, 6.07) is 10.5. The van der Waals surface area contributed by atoms with Crippen molar-refractivity contribution in [2.24, 2.45) is 5.92 Å². The second-order valence-corrected chi connectivity index (χ2v) is 4.29. The summed E-state index contributed by atoms with van der Waals surface area (Å²) in [5, 5.41) is 11.9. The van der Waals surface area contributed by atoms with Crippen LogP contribution in [0.15, 0.2) is 24.3 Å². The van der Waals surface area contributed by atoms with Gasteiger partial charge in [-0.25, -0.2) is 0 Å². The van der Waals surface area contributed by atoms with Crippen molar-refractivity contribution in [1.29, 1.82) is 5.26 Å². The zero-order chi connectivity index (χ0) is 11.4. The van der Waals surface area contributed by atoms with Crippen LogP contribution in [-0.2, 0) is 6.54 Å². The van der Waals surface area contributed by atoms with Crippen molar-refractivity contribution in [3.63, 3.8) is 0 Å². The second-order valence-electron chi connectivity index (χ2n) is 4.29. The molecule has 1 aromatic carbocycles. The van der Waals surface area contributed by atoms with Gasteiger partial charge in [0, 0.05) is 12.6 Å². The number of benzene rings is 1. The fourth-order valence-electron chi connectivity index (χ4n) is 1.67. The van der Waals surface area contributed by atoms with Crippen molar-refractivity contribution in [1.82, 2.24) is 5.32 Å². The Morgan fingerprint density at radius 1 is 1.44 bits per heavy atom. The van der Waals surface area contributed by atoms with Crippen LogP contribution in [-0.4, -0.2) is 12.6 Å². The predicted octanol–water partition coefficient (Wildman–Crippen LogP) is 2.09. The minimum atomic E-state index is 0.108. The highest BCUT2D eigenvalue weighted by Crippen LogP contribution is 2.29.